The van der Waals surface area contributed by atoms with Gasteiger partial charge in [0, 0.05) is 24.7 Å². The standard InChI is InChI=1S/C14H19N3O6S/c1-2-23-14(18)16-13-9-24(21,22)8-12(13)15-7-10-3-5-11(6-4-10)17(19)20/h3-6,12-13,15H,2,7-9H2,1H3,(H,16,18)/t12-,13+/m1/s1. The molecule has 1 amide bonds. The summed E-state index contributed by atoms with van der Waals surface area (Å²) in [7, 11) is -3.25. The molecule has 0 saturated carbocycles. The van der Waals surface area contributed by atoms with Gasteiger partial charge in [-0.2, -0.15) is 0 Å². The number of nitrogens with one attached hydrogen (secondary N) is 2. The lowest BCUT2D eigenvalue weighted by Gasteiger charge is -2.20. The molecular formula is C14H19N3O6S. The zero-order valence-corrected chi connectivity index (χ0v) is 13.9. The van der Waals surface area contributed by atoms with Crippen molar-refractivity contribution in [3.63, 3.8) is 0 Å². The van der Waals surface area contributed by atoms with E-state index < -0.39 is 32.9 Å². The number of hydrogen-bond acceptors (Lipinski definition) is 7. The highest BCUT2D eigenvalue weighted by Gasteiger charge is 2.38. The van der Waals surface area contributed by atoms with Gasteiger partial charge in [0.2, 0.25) is 0 Å². The molecule has 9 nitrogen and oxygen atoms in total. The minimum absolute atomic E-state index is 0.0101. The molecule has 0 aromatic heterocycles. The Kier molecular flexibility index (Phi) is 5.73. The molecule has 0 aliphatic carbocycles. The molecule has 0 bridgehead atoms. The fraction of sp³-hybridized carbons (Fsp3) is 0.500. The number of hydrogen-bond donors (Lipinski definition) is 2. The summed E-state index contributed by atoms with van der Waals surface area (Å²) in [6.07, 6.45) is -0.651. The fourth-order valence-electron chi connectivity index (χ4n) is 2.50. The van der Waals surface area contributed by atoms with E-state index in [0.717, 1.165) is 5.56 Å². The number of carbonyl (C=O) groups is 1. The van der Waals surface area contributed by atoms with E-state index >= 15 is 0 Å². The van der Waals surface area contributed by atoms with Crippen LogP contribution in [0.25, 0.3) is 0 Å². The molecule has 1 heterocycles. The number of nitrogens with zero attached hydrogens (tertiary/aromatic N) is 1. The van der Waals surface area contributed by atoms with Crippen molar-refractivity contribution >= 4 is 21.6 Å². The maximum atomic E-state index is 11.8. The number of carbonyl (C=O) groups excluding carboxylic acids is 1. The van der Waals surface area contributed by atoms with Crippen molar-refractivity contribution in [2.45, 2.75) is 25.6 Å². The lowest BCUT2D eigenvalue weighted by molar-refractivity contribution is -0.384. The normalized spacial score (nSPS) is 22.0. The summed E-state index contributed by atoms with van der Waals surface area (Å²) in [5, 5.41) is 16.3. The third-order valence-electron chi connectivity index (χ3n) is 3.65. The van der Waals surface area contributed by atoms with Gasteiger partial charge < -0.3 is 15.4 Å². The predicted molar refractivity (Wildman–Crippen MR) is 86.3 cm³/mol. The second kappa shape index (κ2) is 7.58. The molecule has 0 unspecified atom stereocenters. The first-order chi connectivity index (χ1) is 11.3. The minimum atomic E-state index is -3.25. The molecule has 2 N–H and O–H groups in total. The first kappa shape index (κ1) is 18.1. The Balaban J connectivity index is 1.97. The third kappa shape index (κ3) is 4.90. The Morgan fingerprint density at radius 1 is 1.29 bits per heavy atom. The summed E-state index contributed by atoms with van der Waals surface area (Å²) in [6.45, 7) is 2.20. The zero-order chi connectivity index (χ0) is 17.7. The molecule has 0 radical (unpaired) electrons. The summed E-state index contributed by atoms with van der Waals surface area (Å²) in [5.41, 5.74) is 0.767. The van der Waals surface area contributed by atoms with Crippen LogP contribution in [0.5, 0.6) is 0 Å². The van der Waals surface area contributed by atoms with Crippen molar-refractivity contribution < 1.29 is 22.9 Å². The predicted octanol–water partition coefficient (Wildman–Crippen LogP) is 0.596. The highest BCUT2D eigenvalue weighted by Crippen LogP contribution is 2.15. The second-order valence-electron chi connectivity index (χ2n) is 5.46. The third-order valence-corrected chi connectivity index (χ3v) is 5.38. The van der Waals surface area contributed by atoms with E-state index in [9.17, 15) is 23.3 Å². The number of sulfone groups is 1. The molecule has 24 heavy (non-hydrogen) atoms. The van der Waals surface area contributed by atoms with Gasteiger partial charge in [-0.15, -0.1) is 0 Å². The van der Waals surface area contributed by atoms with Crippen LogP contribution >= 0.6 is 0 Å². The van der Waals surface area contributed by atoms with E-state index in [-0.39, 0.29) is 23.8 Å². The Labute approximate surface area is 139 Å². The number of rotatable bonds is 6. The van der Waals surface area contributed by atoms with E-state index in [0.29, 0.717) is 6.54 Å². The lowest BCUT2D eigenvalue weighted by Crippen LogP contribution is -2.49. The van der Waals surface area contributed by atoms with E-state index in [1.807, 2.05) is 0 Å². The Morgan fingerprint density at radius 2 is 1.92 bits per heavy atom. The average molecular weight is 357 g/mol. The maximum absolute atomic E-state index is 11.8. The van der Waals surface area contributed by atoms with Gasteiger partial charge in [0.15, 0.2) is 9.84 Å². The van der Waals surface area contributed by atoms with Crippen LogP contribution < -0.4 is 10.6 Å². The number of amides is 1. The molecule has 2 atom stereocenters. The minimum Gasteiger partial charge on any atom is -0.450 e. The van der Waals surface area contributed by atoms with Crippen LogP contribution in [0.4, 0.5) is 10.5 Å². The molecule has 1 aromatic carbocycles. The first-order valence-electron chi connectivity index (χ1n) is 7.41. The second-order valence-corrected chi connectivity index (χ2v) is 7.61. The topological polar surface area (TPSA) is 128 Å². The van der Waals surface area contributed by atoms with Gasteiger partial charge in [-0.1, -0.05) is 12.1 Å². The van der Waals surface area contributed by atoms with Crippen LogP contribution in [-0.2, 0) is 21.1 Å². The molecule has 0 spiro atoms. The highest BCUT2D eigenvalue weighted by atomic mass is 32.2. The number of nitro groups is 1. The van der Waals surface area contributed by atoms with Crippen LogP contribution in [0.2, 0.25) is 0 Å². The molecule has 1 aliphatic heterocycles. The number of alkyl carbamates (subject to hydrolysis) is 1. The highest BCUT2D eigenvalue weighted by molar-refractivity contribution is 7.91. The molecular weight excluding hydrogens is 338 g/mol. The van der Waals surface area contributed by atoms with Gasteiger partial charge in [0.25, 0.3) is 5.69 Å². The number of ether oxygens (including phenoxy) is 1. The van der Waals surface area contributed by atoms with Gasteiger partial charge >= 0.3 is 6.09 Å². The first-order valence-corrected chi connectivity index (χ1v) is 9.23. The quantitative estimate of drug-likeness (QED) is 0.563. The molecule has 1 aromatic rings. The molecule has 132 valence electrons. The fourth-order valence-corrected chi connectivity index (χ4v) is 4.40. The van der Waals surface area contributed by atoms with Crippen LogP contribution in [-0.4, -0.2) is 49.6 Å². The van der Waals surface area contributed by atoms with Crippen LogP contribution in [0.15, 0.2) is 24.3 Å². The largest absolute Gasteiger partial charge is 0.450 e. The SMILES string of the molecule is CCOC(=O)N[C@H]1CS(=O)(=O)C[C@H]1NCc1ccc([N+](=O)[O-])cc1. The Morgan fingerprint density at radius 3 is 2.50 bits per heavy atom. The maximum Gasteiger partial charge on any atom is 0.407 e. The van der Waals surface area contributed by atoms with Crippen molar-refractivity contribution in [2.24, 2.45) is 0 Å². The van der Waals surface area contributed by atoms with Crippen molar-refractivity contribution in [3.05, 3.63) is 39.9 Å². The van der Waals surface area contributed by atoms with Gasteiger partial charge in [0.1, 0.15) is 0 Å². The van der Waals surface area contributed by atoms with Crippen molar-refractivity contribution in [1.29, 1.82) is 0 Å². The Bertz CT molecular complexity index is 704. The molecule has 1 saturated heterocycles. The zero-order valence-electron chi connectivity index (χ0n) is 13.1. The van der Waals surface area contributed by atoms with E-state index in [4.69, 9.17) is 4.74 Å². The van der Waals surface area contributed by atoms with Crippen LogP contribution in [0.3, 0.4) is 0 Å². The summed E-state index contributed by atoms with van der Waals surface area (Å²) in [5.74, 6) is -0.235. The van der Waals surface area contributed by atoms with Gasteiger partial charge in [0.05, 0.1) is 29.1 Å². The van der Waals surface area contributed by atoms with Crippen LogP contribution in [0.1, 0.15) is 12.5 Å². The summed E-state index contributed by atoms with van der Waals surface area (Å²) >= 11 is 0. The molecule has 10 heteroatoms. The van der Waals surface area contributed by atoms with Gasteiger partial charge in [-0.25, -0.2) is 13.2 Å². The van der Waals surface area contributed by atoms with Crippen molar-refractivity contribution in [2.75, 3.05) is 18.1 Å². The van der Waals surface area contributed by atoms with Crippen LogP contribution in [0, 0.1) is 10.1 Å². The van der Waals surface area contributed by atoms with Gasteiger partial charge in [-0.3, -0.25) is 10.1 Å². The van der Waals surface area contributed by atoms with Crippen molar-refractivity contribution in [3.8, 4) is 0 Å². The summed E-state index contributed by atoms with van der Waals surface area (Å²) < 4.78 is 28.4. The number of benzene rings is 1. The number of non-ortho nitro benzene ring substituents is 1. The van der Waals surface area contributed by atoms with E-state index in [1.165, 1.54) is 12.1 Å². The van der Waals surface area contributed by atoms with E-state index in [1.54, 1.807) is 19.1 Å². The number of nitro benzene ring substituents is 1. The molecule has 1 fully saturated rings. The summed E-state index contributed by atoms with van der Waals surface area (Å²) in [4.78, 5) is 21.6. The molecule has 2 rings (SSSR count). The summed E-state index contributed by atoms with van der Waals surface area (Å²) in [6, 6.07) is 4.94. The molecule has 1 aliphatic rings. The lowest BCUT2D eigenvalue weighted by atomic mass is 10.1. The average Bonchev–Trinajstić information content (AvgIpc) is 2.79. The van der Waals surface area contributed by atoms with Crippen molar-refractivity contribution in [1.82, 2.24) is 10.6 Å². The Hall–Kier alpha value is -2.20. The monoisotopic (exact) mass is 357 g/mol. The van der Waals surface area contributed by atoms with E-state index in [2.05, 4.69) is 10.6 Å². The smallest absolute Gasteiger partial charge is 0.407 e. The van der Waals surface area contributed by atoms with Gasteiger partial charge in [-0.05, 0) is 12.5 Å².